The van der Waals surface area contributed by atoms with E-state index >= 15 is 0 Å². The van der Waals surface area contributed by atoms with Gasteiger partial charge in [0.1, 0.15) is 0 Å². The van der Waals surface area contributed by atoms with Crippen LogP contribution in [0.15, 0.2) is 30.3 Å². The third-order valence-electron chi connectivity index (χ3n) is 2.36. The predicted octanol–water partition coefficient (Wildman–Crippen LogP) is 2.18. The van der Waals surface area contributed by atoms with Gasteiger partial charge in [-0.2, -0.15) is 0 Å². The number of amides is 1. The SMILES string of the molecule is CC(C)C(=O)NC(=S)N(C)Cc1ccccc1. The van der Waals surface area contributed by atoms with Crippen LogP contribution in [0, 0.1) is 5.92 Å². The molecule has 0 saturated heterocycles. The van der Waals surface area contributed by atoms with Gasteiger partial charge in [-0.25, -0.2) is 0 Å². The lowest BCUT2D eigenvalue weighted by Crippen LogP contribution is -2.41. The van der Waals surface area contributed by atoms with Crippen LogP contribution in [0.1, 0.15) is 19.4 Å². The molecular formula is C13H18N2OS. The highest BCUT2D eigenvalue weighted by Crippen LogP contribution is 2.03. The first kappa shape index (κ1) is 13.6. The van der Waals surface area contributed by atoms with Gasteiger partial charge in [0.2, 0.25) is 5.91 Å². The molecule has 0 unspecified atom stereocenters. The largest absolute Gasteiger partial charge is 0.348 e. The fraction of sp³-hybridized carbons (Fsp3) is 0.385. The molecule has 0 saturated carbocycles. The number of rotatable bonds is 3. The van der Waals surface area contributed by atoms with Crippen molar-refractivity contribution in [2.45, 2.75) is 20.4 Å². The van der Waals surface area contributed by atoms with Crippen molar-refractivity contribution in [3.63, 3.8) is 0 Å². The zero-order chi connectivity index (χ0) is 12.8. The summed E-state index contributed by atoms with van der Waals surface area (Å²) in [4.78, 5) is 13.3. The fourth-order valence-corrected chi connectivity index (χ4v) is 1.44. The number of hydrogen-bond acceptors (Lipinski definition) is 2. The molecule has 0 bridgehead atoms. The maximum atomic E-state index is 11.5. The van der Waals surface area contributed by atoms with Crippen LogP contribution >= 0.6 is 12.2 Å². The van der Waals surface area contributed by atoms with Crippen molar-refractivity contribution in [1.29, 1.82) is 0 Å². The molecule has 0 fully saturated rings. The van der Waals surface area contributed by atoms with Gasteiger partial charge in [-0.3, -0.25) is 4.79 Å². The summed E-state index contributed by atoms with van der Waals surface area (Å²) in [6.45, 7) is 4.38. The van der Waals surface area contributed by atoms with E-state index in [1.807, 2.05) is 56.1 Å². The molecule has 0 aliphatic carbocycles. The molecule has 1 aromatic rings. The smallest absolute Gasteiger partial charge is 0.228 e. The topological polar surface area (TPSA) is 32.3 Å². The van der Waals surface area contributed by atoms with Gasteiger partial charge in [0.05, 0.1) is 0 Å². The third kappa shape index (κ3) is 4.53. The van der Waals surface area contributed by atoms with Crippen molar-refractivity contribution in [2.75, 3.05) is 7.05 Å². The highest BCUT2D eigenvalue weighted by atomic mass is 32.1. The van der Waals surface area contributed by atoms with Crippen LogP contribution in [-0.4, -0.2) is 23.0 Å². The summed E-state index contributed by atoms with van der Waals surface area (Å²) in [5.74, 6) is -0.104. The van der Waals surface area contributed by atoms with Crippen LogP contribution in [0.5, 0.6) is 0 Å². The summed E-state index contributed by atoms with van der Waals surface area (Å²) in [6, 6.07) is 10.0. The molecule has 1 amide bonds. The van der Waals surface area contributed by atoms with Crippen molar-refractivity contribution in [3.8, 4) is 0 Å². The van der Waals surface area contributed by atoms with Gasteiger partial charge >= 0.3 is 0 Å². The summed E-state index contributed by atoms with van der Waals surface area (Å²) in [5, 5.41) is 3.18. The van der Waals surface area contributed by atoms with Crippen LogP contribution < -0.4 is 5.32 Å². The lowest BCUT2D eigenvalue weighted by atomic mass is 10.2. The Kier molecular flexibility index (Phi) is 5.10. The molecule has 1 rings (SSSR count). The highest BCUT2D eigenvalue weighted by molar-refractivity contribution is 7.80. The standard InChI is InChI=1S/C13H18N2OS/c1-10(2)12(16)14-13(17)15(3)9-11-7-5-4-6-8-11/h4-8,10H,9H2,1-3H3,(H,14,16,17). The van der Waals surface area contributed by atoms with Gasteiger partial charge in [-0.15, -0.1) is 0 Å². The minimum Gasteiger partial charge on any atom is -0.348 e. The predicted molar refractivity (Wildman–Crippen MR) is 73.5 cm³/mol. The Balaban J connectivity index is 2.51. The Bertz CT molecular complexity index is 390. The van der Waals surface area contributed by atoms with Crippen LogP contribution in [0.3, 0.4) is 0 Å². The zero-order valence-corrected chi connectivity index (χ0v) is 11.3. The quantitative estimate of drug-likeness (QED) is 0.835. The van der Waals surface area contributed by atoms with Gasteiger partial charge in [0, 0.05) is 19.5 Å². The van der Waals surface area contributed by atoms with E-state index in [-0.39, 0.29) is 11.8 Å². The molecule has 1 aromatic carbocycles. The number of benzene rings is 1. The van der Waals surface area contributed by atoms with Crippen LogP contribution in [-0.2, 0) is 11.3 Å². The number of carbonyl (C=O) groups excluding carboxylic acids is 1. The summed E-state index contributed by atoms with van der Waals surface area (Å²) >= 11 is 5.17. The average molecular weight is 250 g/mol. The fourth-order valence-electron chi connectivity index (χ4n) is 1.27. The van der Waals surface area contributed by atoms with Crippen molar-refractivity contribution in [2.24, 2.45) is 5.92 Å². The number of nitrogens with one attached hydrogen (secondary N) is 1. The monoisotopic (exact) mass is 250 g/mol. The highest BCUT2D eigenvalue weighted by Gasteiger charge is 2.11. The van der Waals surface area contributed by atoms with E-state index < -0.39 is 0 Å². The summed E-state index contributed by atoms with van der Waals surface area (Å²) in [7, 11) is 1.87. The average Bonchev–Trinajstić information content (AvgIpc) is 2.29. The molecule has 4 heteroatoms. The van der Waals surface area contributed by atoms with Crippen molar-refractivity contribution >= 4 is 23.2 Å². The van der Waals surface area contributed by atoms with Crippen LogP contribution in [0.2, 0.25) is 0 Å². The van der Waals surface area contributed by atoms with E-state index in [2.05, 4.69) is 5.32 Å². The van der Waals surface area contributed by atoms with Crippen molar-refractivity contribution in [3.05, 3.63) is 35.9 Å². The first-order valence-electron chi connectivity index (χ1n) is 5.60. The molecule has 0 aliphatic heterocycles. The first-order valence-corrected chi connectivity index (χ1v) is 6.01. The van der Waals surface area contributed by atoms with Gasteiger partial charge < -0.3 is 10.2 Å². The Morgan fingerprint density at radius 3 is 2.47 bits per heavy atom. The van der Waals surface area contributed by atoms with E-state index in [1.165, 1.54) is 0 Å². The third-order valence-corrected chi connectivity index (χ3v) is 2.78. The van der Waals surface area contributed by atoms with E-state index in [0.717, 1.165) is 5.56 Å². The maximum absolute atomic E-state index is 11.5. The molecule has 92 valence electrons. The van der Waals surface area contributed by atoms with Gasteiger partial charge in [0.15, 0.2) is 5.11 Å². The van der Waals surface area contributed by atoms with E-state index in [9.17, 15) is 4.79 Å². The molecule has 0 spiro atoms. The van der Waals surface area contributed by atoms with Gasteiger partial charge in [-0.05, 0) is 17.8 Å². The lowest BCUT2D eigenvalue weighted by molar-refractivity contribution is -0.122. The first-order chi connectivity index (χ1) is 8.00. The van der Waals surface area contributed by atoms with Crippen LogP contribution in [0.4, 0.5) is 0 Å². The molecule has 0 heterocycles. The summed E-state index contributed by atoms with van der Waals surface area (Å²) in [5.41, 5.74) is 1.16. The molecule has 0 aromatic heterocycles. The number of thiocarbonyl (C=S) groups is 1. The second-order valence-electron chi connectivity index (χ2n) is 4.29. The van der Waals surface area contributed by atoms with E-state index in [1.54, 1.807) is 0 Å². The molecule has 0 aliphatic rings. The molecule has 1 N–H and O–H groups in total. The number of carbonyl (C=O) groups is 1. The molecule has 0 atom stereocenters. The lowest BCUT2D eigenvalue weighted by Gasteiger charge is -2.21. The molecule has 0 radical (unpaired) electrons. The van der Waals surface area contributed by atoms with Crippen molar-refractivity contribution < 1.29 is 4.79 Å². The molecule has 3 nitrogen and oxygen atoms in total. The zero-order valence-electron chi connectivity index (χ0n) is 10.4. The minimum atomic E-state index is -0.0573. The summed E-state index contributed by atoms with van der Waals surface area (Å²) in [6.07, 6.45) is 0. The van der Waals surface area contributed by atoms with E-state index in [4.69, 9.17) is 12.2 Å². The van der Waals surface area contributed by atoms with Crippen molar-refractivity contribution in [1.82, 2.24) is 10.2 Å². The molecule has 17 heavy (non-hydrogen) atoms. The number of hydrogen-bond donors (Lipinski definition) is 1. The minimum absolute atomic E-state index is 0.0464. The second-order valence-corrected chi connectivity index (χ2v) is 4.68. The Labute approximate surface area is 108 Å². The van der Waals surface area contributed by atoms with Gasteiger partial charge in [-0.1, -0.05) is 44.2 Å². The summed E-state index contributed by atoms with van der Waals surface area (Å²) < 4.78 is 0. The van der Waals surface area contributed by atoms with Crippen LogP contribution in [0.25, 0.3) is 0 Å². The maximum Gasteiger partial charge on any atom is 0.228 e. The second kappa shape index (κ2) is 6.35. The Morgan fingerprint density at radius 2 is 1.94 bits per heavy atom. The molecular weight excluding hydrogens is 232 g/mol. The Hall–Kier alpha value is -1.42. The normalized spacial score (nSPS) is 10.1. The number of nitrogens with zero attached hydrogens (tertiary/aromatic N) is 1. The Morgan fingerprint density at radius 1 is 1.35 bits per heavy atom. The van der Waals surface area contributed by atoms with Gasteiger partial charge in [0.25, 0.3) is 0 Å². The van der Waals surface area contributed by atoms with E-state index in [0.29, 0.717) is 11.7 Å².